The van der Waals surface area contributed by atoms with Crippen molar-refractivity contribution in [3.8, 4) is 17.2 Å². The Bertz CT molecular complexity index is 775. The standard InChI is InChI=1S/C15H14N2O2/c1-8-5-9(2)14-12(6-8)17-15(19-14)10-3-4-11(16)13(18)7-10/h3-7,18H,16H2,1-2H3. The van der Waals surface area contributed by atoms with Crippen molar-refractivity contribution in [3.05, 3.63) is 41.5 Å². The fraction of sp³-hybridized carbons (Fsp3) is 0.133. The number of rotatable bonds is 1. The quantitative estimate of drug-likeness (QED) is 0.515. The molecule has 2 aromatic carbocycles. The SMILES string of the molecule is Cc1cc(C)c2oc(-c3ccc(N)c(O)c3)nc2c1. The van der Waals surface area contributed by atoms with Crippen LogP contribution in [0.1, 0.15) is 11.1 Å². The average Bonchev–Trinajstić information content (AvgIpc) is 2.76. The fourth-order valence-electron chi connectivity index (χ4n) is 2.18. The molecule has 0 atom stereocenters. The van der Waals surface area contributed by atoms with Gasteiger partial charge in [-0.3, -0.25) is 0 Å². The Labute approximate surface area is 110 Å². The predicted molar refractivity (Wildman–Crippen MR) is 75.0 cm³/mol. The maximum absolute atomic E-state index is 9.64. The van der Waals surface area contributed by atoms with Crippen LogP contribution in [0.5, 0.6) is 5.75 Å². The average molecular weight is 254 g/mol. The van der Waals surface area contributed by atoms with Crippen LogP contribution in [0.15, 0.2) is 34.7 Å². The molecule has 4 nitrogen and oxygen atoms in total. The monoisotopic (exact) mass is 254 g/mol. The molecule has 3 N–H and O–H groups in total. The smallest absolute Gasteiger partial charge is 0.227 e. The molecule has 0 aliphatic rings. The van der Waals surface area contributed by atoms with Gasteiger partial charge in [-0.05, 0) is 49.2 Å². The van der Waals surface area contributed by atoms with E-state index in [9.17, 15) is 5.11 Å². The third-order valence-electron chi connectivity index (χ3n) is 3.10. The molecule has 0 fully saturated rings. The molecule has 0 aliphatic carbocycles. The van der Waals surface area contributed by atoms with E-state index in [1.807, 2.05) is 19.9 Å². The van der Waals surface area contributed by atoms with E-state index in [2.05, 4.69) is 11.1 Å². The molecule has 96 valence electrons. The van der Waals surface area contributed by atoms with Crippen molar-refractivity contribution in [1.29, 1.82) is 0 Å². The van der Waals surface area contributed by atoms with Crippen LogP contribution in [0.25, 0.3) is 22.6 Å². The number of nitrogens with two attached hydrogens (primary N) is 1. The lowest BCUT2D eigenvalue weighted by molar-refractivity contribution is 0.478. The van der Waals surface area contributed by atoms with Gasteiger partial charge in [-0.1, -0.05) is 6.07 Å². The minimum Gasteiger partial charge on any atom is -0.506 e. The minimum atomic E-state index is 0.0349. The fourth-order valence-corrected chi connectivity index (χ4v) is 2.18. The number of fused-ring (bicyclic) bond motifs is 1. The highest BCUT2D eigenvalue weighted by Gasteiger charge is 2.11. The van der Waals surface area contributed by atoms with E-state index in [0.29, 0.717) is 17.1 Å². The van der Waals surface area contributed by atoms with Crippen LogP contribution in [0, 0.1) is 13.8 Å². The van der Waals surface area contributed by atoms with Gasteiger partial charge in [-0.25, -0.2) is 4.98 Å². The van der Waals surface area contributed by atoms with Crippen molar-refractivity contribution in [2.75, 3.05) is 5.73 Å². The molecule has 0 saturated heterocycles. The second-order valence-electron chi connectivity index (χ2n) is 4.72. The van der Waals surface area contributed by atoms with Gasteiger partial charge >= 0.3 is 0 Å². The number of benzene rings is 2. The molecule has 0 bridgehead atoms. The summed E-state index contributed by atoms with van der Waals surface area (Å²) in [5.41, 5.74) is 10.4. The zero-order valence-corrected chi connectivity index (χ0v) is 10.8. The Morgan fingerprint density at radius 1 is 1.16 bits per heavy atom. The molecule has 1 heterocycles. The molecule has 4 heteroatoms. The summed E-state index contributed by atoms with van der Waals surface area (Å²) < 4.78 is 5.77. The largest absolute Gasteiger partial charge is 0.506 e. The summed E-state index contributed by atoms with van der Waals surface area (Å²) in [6.07, 6.45) is 0. The van der Waals surface area contributed by atoms with Gasteiger partial charge in [0.2, 0.25) is 5.89 Å². The lowest BCUT2D eigenvalue weighted by Gasteiger charge is -1.99. The van der Waals surface area contributed by atoms with E-state index in [1.54, 1.807) is 18.2 Å². The first-order valence-corrected chi connectivity index (χ1v) is 6.01. The third kappa shape index (κ3) is 1.91. The summed E-state index contributed by atoms with van der Waals surface area (Å²) in [4.78, 5) is 4.46. The highest BCUT2D eigenvalue weighted by Crippen LogP contribution is 2.31. The highest BCUT2D eigenvalue weighted by molar-refractivity contribution is 5.80. The van der Waals surface area contributed by atoms with Crippen molar-refractivity contribution in [2.24, 2.45) is 0 Å². The van der Waals surface area contributed by atoms with E-state index >= 15 is 0 Å². The second-order valence-corrected chi connectivity index (χ2v) is 4.72. The summed E-state index contributed by atoms with van der Waals surface area (Å²) in [5, 5.41) is 9.64. The van der Waals surface area contributed by atoms with Gasteiger partial charge in [0.05, 0.1) is 5.69 Å². The van der Waals surface area contributed by atoms with Gasteiger partial charge in [0.1, 0.15) is 11.3 Å². The third-order valence-corrected chi connectivity index (χ3v) is 3.10. The maximum Gasteiger partial charge on any atom is 0.227 e. The molecule has 0 aliphatic heterocycles. The van der Waals surface area contributed by atoms with Gasteiger partial charge in [-0.2, -0.15) is 0 Å². The first kappa shape index (κ1) is 11.6. The molecule has 19 heavy (non-hydrogen) atoms. The van der Waals surface area contributed by atoms with E-state index < -0.39 is 0 Å². The lowest BCUT2D eigenvalue weighted by atomic mass is 10.1. The van der Waals surface area contributed by atoms with Crippen LogP contribution in [0.4, 0.5) is 5.69 Å². The van der Waals surface area contributed by atoms with Gasteiger partial charge in [0.25, 0.3) is 0 Å². The van der Waals surface area contributed by atoms with E-state index in [4.69, 9.17) is 10.2 Å². The Morgan fingerprint density at radius 2 is 1.95 bits per heavy atom. The number of phenolic OH excluding ortho intramolecular Hbond substituents is 1. The summed E-state index contributed by atoms with van der Waals surface area (Å²) in [7, 11) is 0. The molecule has 0 saturated carbocycles. The molecule has 0 unspecified atom stereocenters. The second kappa shape index (κ2) is 4.02. The van der Waals surface area contributed by atoms with Gasteiger partial charge in [0, 0.05) is 5.56 Å². The number of hydrogen-bond donors (Lipinski definition) is 2. The van der Waals surface area contributed by atoms with E-state index in [-0.39, 0.29) is 5.75 Å². The summed E-state index contributed by atoms with van der Waals surface area (Å²) in [6.45, 7) is 4.01. The van der Waals surface area contributed by atoms with Crippen molar-refractivity contribution in [1.82, 2.24) is 4.98 Å². The highest BCUT2D eigenvalue weighted by atomic mass is 16.3. The normalized spacial score (nSPS) is 11.1. The van der Waals surface area contributed by atoms with Crippen LogP contribution < -0.4 is 5.73 Å². The van der Waals surface area contributed by atoms with E-state index in [0.717, 1.165) is 22.2 Å². The number of phenols is 1. The number of aromatic hydroxyl groups is 1. The predicted octanol–water partition coefficient (Wildman–Crippen LogP) is 3.40. The molecular weight excluding hydrogens is 240 g/mol. The van der Waals surface area contributed by atoms with Crippen molar-refractivity contribution < 1.29 is 9.52 Å². The number of aromatic nitrogens is 1. The van der Waals surface area contributed by atoms with Crippen molar-refractivity contribution in [3.63, 3.8) is 0 Å². The summed E-state index contributed by atoms with van der Waals surface area (Å²) in [6, 6.07) is 9.01. The molecule has 0 radical (unpaired) electrons. The van der Waals surface area contributed by atoms with Gasteiger partial charge in [-0.15, -0.1) is 0 Å². The first-order chi connectivity index (χ1) is 9.04. The van der Waals surface area contributed by atoms with Gasteiger partial charge in [0.15, 0.2) is 5.58 Å². The lowest BCUT2D eigenvalue weighted by Crippen LogP contribution is -1.85. The molecular formula is C15H14N2O2. The Hall–Kier alpha value is -2.49. The van der Waals surface area contributed by atoms with Crippen molar-refractivity contribution in [2.45, 2.75) is 13.8 Å². The molecule has 3 aromatic rings. The van der Waals surface area contributed by atoms with Crippen LogP contribution in [-0.2, 0) is 0 Å². The van der Waals surface area contributed by atoms with Crippen LogP contribution in [0.3, 0.4) is 0 Å². The zero-order valence-electron chi connectivity index (χ0n) is 10.8. The molecule has 1 aromatic heterocycles. The Morgan fingerprint density at radius 3 is 2.68 bits per heavy atom. The summed E-state index contributed by atoms with van der Waals surface area (Å²) >= 11 is 0. The Balaban J connectivity index is 2.20. The minimum absolute atomic E-state index is 0.0349. The topological polar surface area (TPSA) is 72.3 Å². The van der Waals surface area contributed by atoms with Crippen LogP contribution in [0.2, 0.25) is 0 Å². The molecule has 0 amide bonds. The summed E-state index contributed by atoms with van der Waals surface area (Å²) in [5.74, 6) is 0.520. The zero-order chi connectivity index (χ0) is 13.6. The van der Waals surface area contributed by atoms with Crippen LogP contribution >= 0.6 is 0 Å². The number of aryl methyl sites for hydroxylation is 2. The van der Waals surface area contributed by atoms with Crippen molar-refractivity contribution >= 4 is 16.8 Å². The number of hydrogen-bond acceptors (Lipinski definition) is 4. The Kier molecular flexibility index (Phi) is 2.45. The number of anilines is 1. The molecule has 3 rings (SSSR count). The number of oxazole rings is 1. The maximum atomic E-state index is 9.64. The first-order valence-electron chi connectivity index (χ1n) is 6.01. The van der Waals surface area contributed by atoms with E-state index in [1.165, 1.54) is 0 Å². The number of nitrogen functional groups attached to an aromatic ring is 1. The van der Waals surface area contributed by atoms with Crippen LogP contribution in [-0.4, -0.2) is 10.1 Å². The number of nitrogens with zero attached hydrogens (tertiary/aromatic N) is 1. The van der Waals surface area contributed by atoms with Gasteiger partial charge < -0.3 is 15.3 Å². The molecule has 0 spiro atoms.